The van der Waals surface area contributed by atoms with E-state index in [-0.39, 0.29) is 0 Å². The SMILES string of the molecule is CCc1nnc(N2CCC[C@@H](N3CCCC3)CC2)c(C#N)c1CC. The monoisotopic (exact) mass is 327 g/mol. The molecule has 1 aromatic rings. The van der Waals surface area contributed by atoms with Crippen LogP contribution in [0.5, 0.6) is 0 Å². The third-order valence-corrected chi connectivity index (χ3v) is 5.59. The summed E-state index contributed by atoms with van der Waals surface area (Å²) < 4.78 is 0. The normalized spacial score (nSPS) is 22.4. The Labute approximate surface area is 145 Å². The fourth-order valence-electron chi connectivity index (χ4n) is 4.26. The predicted molar refractivity (Wildman–Crippen MR) is 96.2 cm³/mol. The second kappa shape index (κ2) is 7.94. The highest BCUT2D eigenvalue weighted by Crippen LogP contribution is 2.27. The molecule has 0 aromatic carbocycles. The van der Waals surface area contributed by atoms with Crippen LogP contribution in [0.1, 0.15) is 62.8 Å². The highest BCUT2D eigenvalue weighted by Gasteiger charge is 2.27. The minimum absolute atomic E-state index is 0.705. The van der Waals surface area contributed by atoms with Gasteiger partial charge in [0.2, 0.25) is 0 Å². The molecular weight excluding hydrogens is 298 g/mol. The van der Waals surface area contributed by atoms with Crippen LogP contribution >= 0.6 is 0 Å². The summed E-state index contributed by atoms with van der Waals surface area (Å²) >= 11 is 0. The van der Waals surface area contributed by atoms with Crippen molar-refractivity contribution in [3.8, 4) is 6.07 Å². The molecule has 2 aliphatic rings. The van der Waals surface area contributed by atoms with E-state index in [1.54, 1.807) is 0 Å². The molecule has 0 bridgehead atoms. The second-order valence-corrected chi connectivity index (χ2v) is 6.96. The highest BCUT2D eigenvalue weighted by atomic mass is 15.3. The Balaban J connectivity index is 1.80. The van der Waals surface area contributed by atoms with Gasteiger partial charge in [0.25, 0.3) is 0 Å². The Hall–Kier alpha value is -1.67. The van der Waals surface area contributed by atoms with Crippen molar-refractivity contribution >= 4 is 5.82 Å². The predicted octanol–water partition coefficient (Wildman–Crippen LogP) is 2.93. The standard InChI is InChI=1S/C19H29N5/c1-3-16-17(14-20)19(22-21-18(16)4-2)24-12-7-8-15(9-13-24)23-10-5-6-11-23/h15H,3-13H2,1-2H3/t15-/m1/s1. The van der Waals surface area contributed by atoms with Crippen LogP contribution in [-0.4, -0.2) is 47.3 Å². The van der Waals surface area contributed by atoms with E-state index in [1.165, 1.54) is 45.2 Å². The number of nitriles is 1. The van der Waals surface area contributed by atoms with Crippen LogP contribution in [0.4, 0.5) is 5.82 Å². The summed E-state index contributed by atoms with van der Waals surface area (Å²) in [5.74, 6) is 0.814. The number of hydrogen-bond donors (Lipinski definition) is 0. The van der Waals surface area contributed by atoms with Crippen molar-refractivity contribution in [2.45, 2.75) is 64.8 Å². The maximum Gasteiger partial charge on any atom is 0.169 e. The van der Waals surface area contributed by atoms with Gasteiger partial charge in [-0.3, -0.25) is 0 Å². The molecule has 0 amide bonds. The van der Waals surface area contributed by atoms with Crippen molar-refractivity contribution in [3.05, 3.63) is 16.8 Å². The number of aryl methyl sites for hydroxylation is 1. The molecule has 3 rings (SSSR count). The van der Waals surface area contributed by atoms with E-state index in [2.05, 4.69) is 39.9 Å². The topological polar surface area (TPSA) is 56.1 Å². The minimum Gasteiger partial charge on any atom is -0.354 e. The molecule has 0 unspecified atom stereocenters. The number of anilines is 1. The molecule has 5 nitrogen and oxygen atoms in total. The summed E-state index contributed by atoms with van der Waals surface area (Å²) in [6, 6.07) is 3.12. The Morgan fingerprint density at radius 1 is 1.00 bits per heavy atom. The van der Waals surface area contributed by atoms with Crippen molar-refractivity contribution in [1.82, 2.24) is 15.1 Å². The molecule has 3 heterocycles. The molecule has 5 heteroatoms. The van der Waals surface area contributed by atoms with Gasteiger partial charge in [0.1, 0.15) is 11.6 Å². The van der Waals surface area contributed by atoms with Crippen LogP contribution in [0.2, 0.25) is 0 Å². The Morgan fingerprint density at radius 2 is 1.79 bits per heavy atom. The Bertz CT molecular complexity index is 601. The van der Waals surface area contributed by atoms with E-state index < -0.39 is 0 Å². The van der Waals surface area contributed by atoms with Gasteiger partial charge in [0.05, 0.1) is 5.69 Å². The van der Waals surface area contributed by atoms with Crippen LogP contribution in [-0.2, 0) is 12.8 Å². The molecular formula is C19H29N5. The van der Waals surface area contributed by atoms with Gasteiger partial charge in [-0.1, -0.05) is 13.8 Å². The second-order valence-electron chi connectivity index (χ2n) is 6.96. The van der Waals surface area contributed by atoms with Crippen LogP contribution in [0.15, 0.2) is 0 Å². The van der Waals surface area contributed by atoms with Crippen molar-refractivity contribution in [1.29, 1.82) is 5.26 Å². The van der Waals surface area contributed by atoms with E-state index in [9.17, 15) is 5.26 Å². The maximum atomic E-state index is 9.72. The zero-order valence-corrected chi connectivity index (χ0v) is 15.1. The molecule has 24 heavy (non-hydrogen) atoms. The van der Waals surface area contributed by atoms with Gasteiger partial charge in [-0.05, 0) is 63.6 Å². The summed E-state index contributed by atoms with van der Waals surface area (Å²) in [5, 5.41) is 18.6. The number of rotatable bonds is 4. The average molecular weight is 327 g/mol. The molecule has 0 saturated carbocycles. The molecule has 0 N–H and O–H groups in total. The van der Waals surface area contributed by atoms with Crippen molar-refractivity contribution in [2.24, 2.45) is 0 Å². The highest BCUT2D eigenvalue weighted by molar-refractivity contribution is 5.58. The first-order valence-corrected chi connectivity index (χ1v) is 9.56. The number of aromatic nitrogens is 2. The fourth-order valence-corrected chi connectivity index (χ4v) is 4.26. The first-order chi connectivity index (χ1) is 11.8. The van der Waals surface area contributed by atoms with Gasteiger partial charge >= 0.3 is 0 Å². The zero-order chi connectivity index (χ0) is 16.9. The summed E-state index contributed by atoms with van der Waals surface area (Å²) in [6.07, 6.45) is 7.99. The quantitative estimate of drug-likeness (QED) is 0.851. The smallest absolute Gasteiger partial charge is 0.169 e. The van der Waals surface area contributed by atoms with Crippen molar-refractivity contribution in [3.63, 3.8) is 0 Å². The first kappa shape index (κ1) is 17.2. The van der Waals surface area contributed by atoms with Gasteiger partial charge in [0.15, 0.2) is 5.82 Å². The Kier molecular flexibility index (Phi) is 5.68. The van der Waals surface area contributed by atoms with Gasteiger partial charge < -0.3 is 9.80 Å². The molecule has 1 atom stereocenters. The third kappa shape index (κ3) is 3.39. The average Bonchev–Trinajstić information content (AvgIpc) is 3.05. The van der Waals surface area contributed by atoms with Crippen LogP contribution < -0.4 is 4.90 Å². The van der Waals surface area contributed by atoms with Crippen molar-refractivity contribution in [2.75, 3.05) is 31.1 Å². The van der Waals surface area contributed by atoms with Gasteiger partial charge in [0, 0.05) is 19.1 Å². The van der Waals surface area contributed by atoms with E-state index in [4.69, 9.17) is 0 Å². The van der Waals surface area contributed by atoms with Crippen LogP contribution in [0.25, 0.3) is 0 Å². The zero-order valence-electron chi connectivity index (χ0n) is 15.1. The minimum atomic E-state index is 0.705. The Morgan fingerprint density at radius 3 is 2.46 bits per heavy atom. The van der Waals surface area contributed by atoms with E-state index in [0.29, 0.717) is 6.04 Å². The molecule has 1 aromatic heterocycles. The summed E-state index contributed by atoms with van der Waals surface area (Å²) in [4.78, 5) is 4.97. The molecule has 2 aliphatic heterocycles. The van der Waals surface area contributed by atoms with Crippen LogP contribution in [0, 0.1) is 11.3 Å². The maximum absolute atomic E-state index is 9.72. The molecule has 2 fully saturated rings. The van der Waals surface area contributed by atoms with Gasteiger partial charge in [-0.2, -0.15) is 10.4 Å². The van der Waals surface area contributed by atoms with E-state index in [0.717, 1.165) is 48.6 Å². The molecule has 0 spiro atoms. The fraction of sp³-hybridized carbons (Fsp3) is 0.737. The summed E-state index contributed by atoms with van der Waals surface area (Å²) in [5.41, 5.74) is 2.82. The third-order valence-electron chi connectivity index (χ3n) is 5.59. The van der Waals surface area contributed by atoms with Gasteiger partial charge in [-0.15, -0.1) is 5.10 Å². The lowest BCUT2D eigenvalue weighted by molar-refractivity contribution is 0.225. The summed E-state index contributed by atoms with van der Waals surface area (Å²) in [7, 11) is 0. The largest absolute Gasteiger partial charge is 0.354 e. The van der Waals surface area contributed by atoms with E-state index in [1.807, 2.05) is 0 Å². The number of hydrogen-bond acceptors (Lipinski definition) is 5. The van der Waals surface area contributed by atoms with Crippen LogP contribution in [0.3, 0.4) is 0 Å². The first-order valence-electron chi connectivity index (χ1n) is 9.56. The lowest BCUT2D eigenvalue weighted by atomic mass is 10.0. The van der Waals surface area contributed by atoms with Gasteiger partial charge in [-0.25, -0.2) is 0 Å². The number of nitrogens with zero attached hydrogens (tertiary/aromatic N) is 5. The lowest BCUT2D eigenvalue weighted by Crippen LogP contribution is -2.34. The van der Waals surface area contributed by atoms with Crippen molar-refractivity contribution < 1.29 is 0 Å². The molecule has 2 saturated heterocycles. The molecule has 130 valence electrons. The van der Waals surface area contributed by atoms with E-state index >= 15 is 0 Å². The lowest BCUT2D eigenvalue weighted by Gasteiger charge is -2.27. The summed E-state index contributed by atoms with van der Waals surface area (Å²) in [6.45, 7) is 8.68. The number of likely N-dealkylation sites (tertiary alicyclic amines) is 1. The molecule has 0 radical (unpaired) electrons. The molecule has 0 aliphatic carbocycles.